The van der Waals surface area contributed by atoms with Gasteiger partial charge in [0.15, 0.2) is 9.84 Å². The van der Waals surface area contributed by atoms with Crippen LogP contribution in [-0.2, 0) is 14.6 Å². The number of sulfone groups is 1. The first-order valence-corrected chi connectivity index (χ1v) is 8.98. The van der Waals surface area contributed by atoms with Crippen molar-refractivity contribution < 1.29 is 23.1 Å². The van der Waals surface area contributed by atoms with Gasteiger partial charge in [-0.1, -0.05) is 19.3 Å². The Kier molecular flexibility index (Phi) is 4.75. The zero-order valence-electron chi connectivity index (χ0n) is 12.0. The number of urea groups is 1. The SMILES string of the molecule is O=C(O)CCNC(=O)N1CCS(=O)(=O)C2(CCCCC2)C1. The second-order valence-electron chi connectivity index (χ2n) is 5.86. The predicted octanol–water partition coefficient (Wildman–Crippen LogP) is 0.604. The zero-order valence-corrected chi connectivity index (χ0v) is 12.8. The molecule has 8 heteroatoms. The smallest absolute Gasteiger partial charge is 0.317 e. The van der Waals surface area contributed by atoms with Crippen LogP contribution in [0.2, 0.25) is 0 Å². The summed E-state index contributed by atoms with van der Waals surface area (Å²) >= 11 is 0. The Morgan fingerprint density at radius 2 is 1.86 bits per heavy atom. The first kappa shape index (κ1) is 16.1. The van der Waals surface area contributed by atoms with Gasteiger partial charge in [0.05, 0.1) is 16.9 Å². The van der Waals surface area contributed by atoms with Gasteiger partial charge in [-0.3, -0.25) is 4.79 Å². The molecule has 0 bridgehead atoms. The molecule has 1 saturated carbocycles. The molecule has 0 atom stereocenters. The van der Waals surface area contributed by atoms with Gasteiger partial charge in [0.25, 0.3) is 0 Å². The zero-order chi connectivity index (χ0) is 15.5. The summed E-state index contributed by atoms with van der Waals surface area (Å²) in [5, 5.41) is 11.1. The maximum atomic E-state index is 12.4. The highest BCUT2D eigenvalue weighted by Crippen LogP contribution is 2.38. The summed E-state index contributed by atoms with van der Waals surface area (Å²) in [6.07, 6.45) is 3.91. The summed E-state index contributed by atoms with van der Waals surface area (Å²) in [4.78, 5) is 24.0. The Morgan fingerprint density at radius 3 is 2.48 bits per heavy atom. The minimum absolute atomic E-state index is 0.000644. The molecule has 2 N–H and O–H groups in total. The van der Waals surface area contributed by atoms with Crippen molar-refractivity contribution in [3.8, 4) is 0 Å². The monoisotopic (exact) mass is 318 g/mol. The average Bonchev–Trinajstić information content (AvgIpc) is 2.42. The molecule has 1 aliphatic carbocycles. The van der Waals surface area contributed by atoms with Crippen LogP contribution in [0.25, 0.3) is 0 Å². The molecule has 2 rings (SSSR count). The van der Waals surface area contributed by atoms with Gasteiger partial charge in [-0.15, -0.1) is 0 Å². The van der Waals surface area contributed by atoms with Crippen LogP contribution in [0.1, 0.15) is 38.5 Å². The van der Waals surface area contributed by atoms with Gasteiger partial charge in [0.1, 0.15) is 0 Å². The van der Waals surface area contributed by atoms with E-state index in [1.165, 1.54) is 4.90 Å². The number of amides is 2. The molecule has 0 aromatic rings. The van der Waals surface area contributed by atoms with Crippen LogP contribution in [-0.4, -0.2) is 60.6 Å². The van der Waals surface area contributed by atoms with Crippen LogP contribution in [0.3, 0.4) is 0 Å². The predicted molar refractivity (Wildman–Crippen MR) is 76.8 cm³/mol. The van der Waals surface area contributed by atoms with Crippen molar-refractivity contribution in [2.24, 2.45) is 0 Å². The molecule has 0 aromatic heterocycles. The van der Waals surface area contributed by atoms with E-state index < -0.39 is 20.6 Å². The standard InChI is InChI=1S/C13H22N2O5S/c16-11(17)4-7-14-12(18)15-8-9-21(19,20)13(10-15)5-2-1-3-6-13/h1-10H2,(H,14,18)(H,16,17). The molecule has 1 saturated heterocycles. The maximum absolute atomic E-state index is 12.4. The molecule has 0 aromatic carbocycles. The quantitative estimate of drug-likeness (QED) is 0.793. The number of hydrogen-bond acceptors (Lipinski definition) is 4. The van der Waals surface area contributed by atoms with Gasteiger partial charge in [0, 0.05) is 19.6 Å². The number of carbonyl (C=O) groups is 2. The van der Waals surface area contributed by atoms with Gasteiger partial charge in [-0.2, -0.15) is 0 Å². The number of nitrogens with zero attached hydrogens (tertiary/aromatic N) is 1. The van der Waals surface area contributed by atoms with Crippen molar-refractivity contribution in [2.75, 3.05) is 25.4 Å². The van der Waals surface area contributed by atoms with Crippen molar-refractivity contribution in [3.05, 3.63) is 0 Å². The molecule has 1 spiro atoms. The maximum Gasteiger partial charge on any atom is 0.317 e. The van der Waals surface area contributed by atoms with Crippen molar-refractivity contribution >= 4 is 21.8 Å². The van der Waals surface area contributed by atoms with E-state index in [2.05, 4.69) is 5.32 Å². The molecular weight excluding hydrogens is 296 g/mol. The van der Waals surface area contributed by atoms with Crippen LogP contribution in [0, 0.1) is 0 Å². The molecule has 0 radical (unpaired) electrons. The van der Waals surface area contributed by atoms with E-state index in [4.69, 9.17) is 5.11 Å². The number of hydrogen-bond donors (Lipinski definition) is 2. The van der Waals surface area contributed by atoms with Crippen LogP contribution in [0.4, 0.5) is 4.79 Å². The Balaban J connectivity index is 2.00. The van der Waals surface area contributed by atoms with Crippen LogP contribution < -0.4 is 5.32 Å². The summed E-state index contributed by atoms with van der Waals surface area (Å²) in [7, 11) is -3.16. The summed E-state index contributed by atoms with van der Waals surface area (Å²) in [5.74, 6) is -0.973. The Labute approximate surface area is 124 Å². The summed E-state index contributed by atoms with van der Waals surface area (Å²) in [5.41, 5.74) is 0. The highest BCUT2D eigenvalue weighted by molar-refractivity contribution is 7.92. The largest absolute Gasteiger partial charge is 0.481 e. The van der Waals surface area contributed by atoms with Gasteiger partial charge < -0.3 is 15.3 Å². The third-order valence-corrected chi connectivity index (χ3v) is 7.01. The lowest BCUT2D eigenvalue weighted by Gasteiger charge is -2.44. The molecule has 7 nitrogen and oxygen atoms in total. The molecule has 0 unspecified atom stereocenters. The molecular formula is C13H22N2O5S. The Hall–Kier alpha value is -1.31. The highest BCUT2D eigenvalue weighted by atomic mass is 32.2. The van der Waals surface area contributed by atoms with E-state index in [1.54, 1.807) is 0 Å². The van der Waals surface area contributed by atoms with Crippen LogP contribution >= 0.6 is 0 Å². The lowest BCUT2D eigenvalue weighted by atomic mass is 9.87. The second-order valence-corrected chi connectivity index (χ2v) is 8.36. The average molecular weight is 318 g/mol. The molecule has 21 heavy (non-hydrogen) atoms. The van der Waals surface area contributed by atoms with Gasteiger partial charge in [-0.05, 0) is 12.8 Å². The van der Waals surface area contributed by atoms with E-state index in [0.29, 0.717) is 12.8 Å². The van der Waals surface area contributed by atoms with Crippen LogP contribution in [0.15, 0.2) is 0 Å². The molecule has 120 valence electrons. The fourth-order valence-electron chi connectivity index (χ4n) is 3.20. The molecule has 2 amide bonds. The molecule has 2 aliphatic rings. The van der Waals surface area contributed by atoms with E-state index in [9.17, 15) is 18.0 Å². The number of carbonyl (C=O) groups excluding carboxylic acids is 1. The van der Waals surface area contributed by atoms with Crippen LogP contribution in [0.5, 0.6) is 0 Å². The Morgan fingerprint density at radius 1 is 1.19 bits per heavy atom. The van der Waals surface area contributed by atoms with Gasteiger partial charge in [0.2, 0.25) is 0 Å². The van der Waals surface area contributed by atoms with E-state index in [0.717, 1.165) is 19.3 Å². The molecule has 1 heterocycles. The lowest BCUT2D eigenvalue weighted by Crippen LogP contribution is -2.60. The number of nitrogens with one attached hydrogen (secondary N) is 1. The summed E-state index contributed by atoms with van der Waals surface area (Å²) in [6.45, 7) is 0.474. The third-order valence-electron chi connectivity index (χ3n) is 4.44. The fourth-order valence-corrected chi connectivity index (χ4v) is 5.36. The first-order valence-electron chi connectivity index (χ1n) is 7.33. The minimum atomic E-state index is -3.16. The van der Waals surface area contributed by atoms with Crippen molar-refractivity contribution in [2.45, 2.75) is 43.3 Å². The summed E-state index contributed by atoms with van der Waals surface area (Å²) < 4.78 is 24.0. The van der Waals surface area contributed by atoms with E-state index >= 15 is 0 Å². The highest BCUT2D eigenvalue weighted by Gasteiger charge is 2.49. The van der Waals surface area contributed by atoms with E-state index in [-0.39, 0.29) is 37.8 Å². The van der Waals surface area contributed by atoms with Gasteiger partial charge >= 0.3 is 12.0 Å². The van der Waals surface area contributed by atoms with Gasteiger partial charge in [-0.25, -0.2) is 13.2 Å². The third kappa shape index (κ3) is 3.48. The van der Waals surface area contributed by atoms with E-state index in [1.807, 2.05) is 0 Å². The van der Waals surface area contributed by atoms with Crippen molar-refractivity contribution in [1.82, 2.24) is 10.2 Å². The number of carboxylic acid groups (broad SMARTS) is 1. The second kappa shape index (κ2) is 6.21. The topological polar surface area (TPSA) is 104 Å². The molecule has 2 fully saturated rings. The normalized spacial score (nSPS) is 23.7. The van der Waals surface area contributed by atoms with Crippen molar-refractivity contribution in [3.63, 3.8) is 0 Å². The van der Waals surface area contributed by atoms with Crippen molar-refractivity contribution in [1.29, 1.82) is 0 Å². The molecule has 1 aliphatic heterocycles. The number of carboxylic acids is 1. The Bertz CT molecular complexity index is 511. The first-order chi connectivity index (χ1) is 9.86. The number of aliphatic carboxylic acids is 1. The lowest BCUT2D eigenvalue weighted by molar-refractivity contribution is -0.136. The summed E-state index contributed by atoms with van der Waals surface area (Å²) in [6, 6.07) is -0.365. The minimum Gasteiger partial charge on any atom is -0.481 e. The fraction of sp³-hybridized carbons (Fsp3) is 0.846. The number of rotatable bonds is 3.